The summed E-state index contributed by atoms with van der Waals surface area (Å²) >= 11 is 0. The summed E-state index contributed by atoms with van der Waals surface area (Å²) in [5.41, 5.74) is 3.27. The zero-order valence-electron chi connectivity index (χ0n) is 17.5. The van der Waals surface area contributed by atoms with Crippen LogP contribution in [0.5, 0.6) is 0 Å². The van der Waals surface area contributed by atoms with Gasteiger partial charge in [-0.25, -0.2) is 13.6 Å². The molecule has 3 N–H and O–H groups in total. The molecule has 10 heteroatoms. The van der Waals surface area contributed by atoms with Crippen molar-refractivity contribution in [2.24, 2.45) is 0 Å². The number of carboxylic acids is 1. The number of fused-ring (bicyclic) bond motifs is 1. The number of nitrogens with two attached hydrogens (primary N) is 1. The SMILES string of the molecule is CC(=O)N1[C@H](C)CN(c2c(F)c(N)c3c(=O)c(C(=O)O)cn(C4CC4)c3c2F)C[C@@H]1C. The normalized spacial score (nSPS) is 21.6. The number of carbonyl (C=O) groups is 2. The number of aromatic nitrogens is 1. The Morgan fingerprint density at radius 2 is 1.71 bits per heavy atom. The molecule has 0 radical (unpaired) electrons. The number of carbonyl (C=O) groups excluding carboxylic acids is 1. The lowest BCUT2D eigenvalue weighted by Crippen LogP contribution is -2.58. The van der Waals surface area contributed by atoms with Crippen LogP contribution in [0.15, 0.2) is 11.0 Å². The summed E-state index contributed by atoms with van der Waals surface area (Å²) in [7, 11) is 0. The lowest BCUT2D eigenvalue weighted by atomic mass is 10.0. The molecular weight excluding hydrogens is 410 g/mol. The number of benzene rings is 1. The molecule has 1 aromatic carbocycles. The highest BCUT2D eigenvalue weighted by Crippen LogP contribution is 2.42. The van der Waals surface area contributed by atoms with Gasteiger partial charge in [-0.15, -0.1) is 0 Å². The van der Waals surface area contributed by atoms with E-state index in [2.05, 4.69) is 0 Å². The lowest BCUT2D eigenvalue weighted by Gasteiger charge is -2.45. The minimum Gasteiger partial charge on any atom is -0.477 e. The average Bonchev–Trinajstić information content (AvgIpc) is 3.50. The number of carboxylic acid groups (broad SMARTS) is 1. The molecular formula is C21H24F2N4O4. The molecule has 1 aromatic heterocycles. The van der Waals surface area contributed by atoms with Crippen LogP contribution in [-0.2, 0) is 4.79 Å². The average molecular weight is 434 g/mol. The van der Waals surface area contributed by atoms with Gasteiger partial charge in [0.1, 0.15) is 11.3 Å². The maximum Gasteiger partial charge on any atom is 0.341 e. The van der Waals surface area contributed by atoms with Crippen LogP contribution in [0.1, 0.15) is 50.0 Å². The molecule has 1 aliphatic carbocycles. The second-order valence-corrected chi connectivity index (χ2v) is 8.46. The number of nitrogens with zero attached hydrogens (tertiary/aromatic N) is 3. The van der Waals surface area contributed by atoms with Gasteiger partial charge in [0, 0.05) is 44.3 Å². The molecule has 1 saturated heterocycles. The Morgan fingerprint density at radius 1 is 1.13 bits per heavy atom. The van der Waals surface area contributed by atoms with Gasteiger partial charge in [-0.2, -0.15) is 0 Å². The van der Waals surface area contributed by atoms with Crippen molar-refractivity contribution in [3.8, 4) is 0 Å². The molecule has 0 spiro atoms. The summed E-state index contributed by atoms with van der Waals surface area (Å²) in [6.45, 7) is 5.41. The zero-order chi connectivity index (χ0) is 22.8. The molecule has 8 nitrogen and oxygen atoms in total. The topological polar surface area (TPSA) is 109 Å². The van der Waals surface area contributed by atoms with Crippen LogP contribution in [0.2, 0.25) is 0 Å². The quantitative estimate of drug-likeness (QED) is 0.718. The highest BCUT2D eigenvalue weighted by atomic mass is 19.1. The third-order valence-electron chi connectivity index (χ3n) is 6.13. The van der Waals surface area contributed by atoms with Gasteiger partial charge in [-0.1, -0.05) is 0 Å². The Kier molecular flexibility index (Phi) is 4.90. The van der Waals surface area contributed by atoms with Crippen LogP contribution in [-0.4, -0.2) is 51.6 Å². The number of aromatic carboxylic acids is 1. The Bertz CT molecular complexity index is 1160. The Labute approximate surface area is 176 Å². The second-order valence-electron chi connectivity index (χ2n) is 8.46. The molecule has 2 aromatic rings. The molecule has 2 aliphatic rings. The van der Waals surface area contributed by atoms with Gasteiger partial charge in [-0.05, 0) is 26.7 Å². The van der Waals surface area contributed by atoms with Crippen molar-refractivity contribution in [1.82, 2.24) is 9.47 Å². The van der Waals surface area contributed by atoms with Gasteiger partial charge in [-0.3, -0.25) is 9.59 Å². The van der Waals surface area contributed by atoms with Crippen molar-refractivity contribution in [3.63, 3.8) is 0 Å². The first-order valence-electron chi connectivity index (χ1n) is 10.2. The van der Waals surface area contributed by atoms with Crippen molar-refractivity contribution in [2.45, 2.75) is 51.7 Å². The minimum atomic E-state index is -1.48. The van der Waals surface area contributed by atoms with E-state index in [1.54, 1.807) is 18.7 Å². The third kappa shape index (κ3) is 3.21. The van der Waals surface area contributed by atoms with E-state index >= 15 is 8.78 Å². The van der Waals surface area contributed by atoms with Gasteiger partial charge >= 0.3 is 5.97 Å². The second kappa shape index (κ2) is 7.21. The Balaban J connectivity index is 1.96. The Morgan fingerprint density at radius 3 is 2.19 bits per heavy atom. The van der Waals surface area contributed by atoms with Crippen molar-refractivity contribution in [3.05, 3.63) is 33.6 Å². The fourth-order valence-corrected chi connectivity index (χ4v) is 4.75. The Hall–Kier alpha value is -3.17. The molecule has 1 amide bonds. The molecule has 4 rings (SSSR count). The van der Waals surface area contributed by atoms with Crippen molar-refractivity contribution < 1.29 is 23.5 Å². The largest absolute Gasteiger partial charge is 0.477 e. The summed E-state index contributed by atoms with van der Waals surface area (Å²) < 4.78 is 32.6. The number of hydrogen-bond donors (Lipinski definition) is 2. The molecule has 31 heavy (non-hydrogen) atoms. The van der Waals surface area contributed by atoms with Gasteiger partial charge in [0.2, 0.25) is 11.3 Å². The van der Waals surface area contributed by atoms with Crippen LogP contribution in [0.4, 0.5) is 20.2 Å². The molecule has 0 bridgehead atoms. The van der Waals surface area contributed by atoms with Gasteiger partial charge in [0.05, 0.1) is 16.6 Å². The number of anilines is 2. The van der Waals surface area contributed by atoms with E-state index in [9.17, 15) is 19.5 Å². The predicted octanol–water partition coefficient (Wildman–Crippen LogP) is 2.34. The molecule has 1 saturated carbocycles. The molecule has 2 fully saturated rings. The zero-order valence-corrected chi connectivity index (χ0v) is 17.5. The smallest absolute Gasteiger partial charge is 0.341 e. The number of hydrogen-bond acceptors (Lipinski definition) is 5. The maximum atomic E-state index is 15.8. The first kappa shape index (κ1) is 21.1. The summed E-state index contributed by atoms with van der Waals surface area (Å²) in [6.07, 6.45) is 2.50. The fourth-order valence-electron chi connectivity index (χ4n) is 4.75. The summed E-state index contributed by atoms with van der Waals surface area (Å²) in [5.74, 6) is -3.64. The molecule has 166 valence electrons. The first-order valence-corrected chi connectivity index (χ1v) is 10.2. The van der Waals surface area contributed by atoms with Crippen molar-refractivity contribution >= 4 is 34.2 Å². The van der Waals surface area contributed by atoms with E-state index in [-0.39, 0.29) is 48.3 Å². The minimum absolute atomic E-state index is 0.123. The predicted molar refractivity (Wildman–Crippen MR) is 111 cm³/mol. The number of rotatable bonds is 3. The molecule has 1 aliphatic heterocycles. The number of nitrogen functional groups attached to an aromatic ring is 1. The number of amides is 1. The van der Waals surface area contributed by atoms with E-state index in [0.29, 0.717) is 12.8 Å². The molecule has 0 unspecified atom stereocenters. The summed E-state index contributed by atoms with van der Waals surface area (Å²) in [5, 5.41) is 8.94. The highest BCUT2D eigenvalue weighted by molar-refractivity contribution is 5.99. The standard InChI is InChI=1S/C21H24F2N4O4/c1-9-6-25(7-10(2)27(9)11(3)28)19-15(22)17(24)14-18(16(19)23)26(12-4-5-12)8-13(20(14)29)21(30)31/h8-10,12H,4-7,24H2,1-3H3,(H,30,31)/t9-,10+. The molecule has 2 heterocycles. The maximum absolute atomic E-state index is 15.8. The fraction of sp³-hybridized carbons (Fsp3) is 0.476. The van der Waals surface area contributed by atoms with E-state index in [1.807, 2.05) is 0 Å². The van der Waals surface area contributed by atoms with Gasteiger partial charge < -0.3 is 25.2 Å². The van der Waals surface area contributed by atoms with Crippen LogP contribution >= 0.6 is 0 Å². The van der Waals surface area contributed by atoms with Crippen LogP contribution in [0, 0.1) is 11.6 Å². The van der Waals surface area contributed by atoms with Crippen LogP contribution < -0.4 is 16.1 Å². The monoisotopic (exact) mass is 434 g/mol. The van der Waals surface area contributed by atoms with Gasteiger partial charge in [0.15, 0.2) is 11.6 Å². The van der Waals surface area contributed by atoms with E-state index in [4.69, 9.17) is 5.73 Å². The third-order valence-corrected chi connectivity index (χ3v) is 6.13. The van der Waals surface area contributed by atoms with E-state index in [0.717, 1.165) is 6.20 Å². The summed E-state index contributed by atoms with van der Waals surface area (Å²) in [6, 6.07) is -0.769. The molecule has 2 atom stereocenters. The van der Waals surface area contributed by atoms with E-state index < -0.39 is 39.7 Å². The highest BCUT2D eigenvalue weighted by Gasteiger charge is 2.37. The number of piperazine rings is 1. The number of halogens is 2. The van der Waals surface area contributed by atoms with Crippen molar-refractivity contribution in [2.75, 3.05) is 23.7 Å². The van der Waals surface area contributed by atoms with Crippen LogP contribution in [0.3, 0.4) is 0 Å². The summed E-state index contributed by atoms with van der Waals surface area (Å²) in [4.78, 5) is 39.4. The lowest BCUT2D eigenvalue weighted by molar-refractivity contribution is -0.133. The van der Waals surface area contributed by atoms with Crippen molar-refractivity contribution in [1.29, 1.82) is 0 Å². The van der Waals surface area contributed by atoms with Gasteiger partial charge in [0.25, 0.3) is 0 Å². The van der Waals surface area contributed by atoms with E-state index in [1.165, 1.54) is 16.4 Å². The first-order chi connectivity index (χ1) is 14.5. The number of pyridine rings is 1. The van der Waals surface area contributed by atoms with Crippen LogP contribution in [0.25, 0.3) is 10.9 Å².